The predicted molar refractivity (Wildman–Crippen MR) is 185 cm³/mol. The Morgan fingerprint density at radius 2 is 1.32 bits per heavy atom. The molecule has 8 heteroatoms. The number of para-hydroxylation sites is 4. The van der Waals surface area contributed by atoms with Crippen molar-refractivity contribution in [2.24, 2.45) is 0 Å². The van der Waals surface area contributed by atoms with Crippen molar-refractivity contribution in [1.29, 1.82) is 0 Å². The molecule has 0 bridgehead atoms. The second-order valence-electron chi connectivity index (χ2n) is 11.1. The van der Waals surface area contributed by atoms with Gasteiger partial charge < -0.3 is 9.15 Å². The Labute approximate surface area is 287 Å². The van der Waals surface area contributed by atoms with Crippen LogP contribution in [0.3, 0.4) is 0 Å². The van der Waals surface area contributed by atoms with Crippen molar-refractivity contribution >= 4 is 63.9 Å². The summed E-state index contributed by atoms with van der Waals surface area (Å²) in [6.07, 6.45) is 1.80. The first-order valence-corrected chi connectivity index (χ1v) is 16.6. The van der Waals surface area contributed by atoms with Crippen LogP contribution in [-0.2, 0) is 21.1 Å². The molecular formula is C39H25N4O2PtSi. The molecule has 1 radical (unpaired) electrons. The van der Waals surface area contributed by atoms with Crippen LogP contribution in [0.25, 0.3) is 33.3 Å². The van der Waals surface area contributed by atoms with Gasteiger partial charge in [-0.3, -0.25) is 4.98 Å². The smallest absolute Gasteiger partial charge is 0.309 e. The molecule has 1 aliphatic rings. The summed E-state index contributed by atoms with van der Waals surface area (Å²) < 4.78 is 13.1. The number of benzene rings is 5. The van der Waals surface area contributed by atoms with Gasteiger partial charge in [-0.15, -0.1) is 0 Å². The summed E-state index contributed by atoms with van der Waals surface area (Å²) in [6, 6.07) is 50.1. The van der Waals surface area contributed by atoms with Gasteiger partial charge in [-0.2, -0.15) is 4.98 Å². The topological polar surface area (TPSA) is 64.3 Å². The summed E-state index contributed by atoms with van der Waals surface area (Å²) in [7, 11) is -1.39. The second kappa shape index (κ2) is 12.1. The Kier molecular flexibility index (Phi) is 7.48. The molecule has 0 saturated carbocycles. The first-order valence-electron chi connectivity index (χ1n) is 15.1. The standard InChI is InChI=1S/C39H25N4O2Si.Pt/c1-3-14-27(15-4-1)46(28-16-5-2-6-17-28)35-23-12-22-33-37(35)42-39(45-33)43-31-20-7-8-21-32(31)44-34-25-26-13-11-18-29(36(26)41-38(34)43)30-19-9-10-24-40-30;/h1-25H;. The van der Waals surface area contributed by atoms with Crippen molar-refractivity contribution in [1.82, 2.24) is 15.0 Å². The number of oxazole rings is 1. The fourth-order valence-electron chi connectivity index (χ4n) is 6.21. The minimum atomic E-state index is -1.39. The van der Waals surface area contributed by atoms with E-state index in [0.717, 1.165) is 38.9 Å². The van der Waals surface area contributed by atoms with Crippen LogP contribution in [0.5, 0.6) is 11.5 Å². The molecule has 0 aliphatic carbocycles. The molecule has 9 rings (SSSR count). The zero-order chi connectivity index (χ0) is 30.5. The fourth-order valence-corrected chi connectivity index (χ4v) is 8.90. The minimum absolute atomic E-state index is 0. The molecule has 0 spiro atoms. The molecule has 0 atom stereocenters. The SMILES string of the molecule is [Pt].c1ccc([Si](c2ccccc2)c2cccc3oc(N4c5ccccc5Oc5cc6cccc(-c7ccccn7)c6nc54)nc23)cc1. The van der Waals surface area contributed by atoms with Gasteiger partial charge in [0, 0.05) is 38.2 Å². The van der Waals surface area contributed by atoms with Gasteiger partial charge in [-0.1, -0.05) is 120 Å². The largest absolute Gasteiger partial charge is 0.451 e. The molecule has 0 amide bonds. The maximum atomic E-state index is 6.63. The third-order valence-corrected chi connectivity index (χ3v) is 11.0. The summed E-state index contributed by atoms with van der Waals surface area (Å²) in [4.78, 5) is 17.1. The van der Waals surface area contributed by atoms with Crippen molar-refractivity contribution in [3.05, 3.63) is 152 Å². The number of rotatable bonds is 5. The quantitative estimate of drug-likeness (QED) is 0.133. The average Bonchev–Trinajstić information content (AvgIpc) is 3.56. The van der Waals surface area contributed by atoms with E-state index in [1.807, 2.05) is 71.6 Å². The van der Waals surface area contributed by atoms with Crippen LogP contribution in [0.1, 0.15) is 0 Å². The fraction of sp³-hybridized carbons (Fsp3) is 0. The first kappa shape index (κ1) is 29.1. The Morgan fingerprint density at radius 3 is 2.09 bits per heavy atom. The molecule has 4 heterocycles. The van der Waals surface area contributed by atoms with E-state index < -0.39 is 8.80 Å². The summed E-state index contributed by atoms with van der Waals surface area (Å²) in [5.41, 5.74) is 5.00. The Hall–Kier alpha value is -5.36. The van der Waals surface area contributed by atoms with Gasteiger partial charge in [0.1, 0.15) is 5.52 Å². The zero-order valence-corrected chi connectivity index (χ0v) is 28.1. The van der Waals surface area contributed by atoms with E-state index in [2.05, 4.69) is 83.8 Å². The monoisotopic (exact) mass is 804 g/mol. The van der Waals surface area contributed by atoms with Crippen LogP contribution in [0.2, 0.25) is 0 Å². The number of hydrogen-bond acceptors (Lipinski definition) is 6. The van der Waals surface area contributed by atoms with Crippen LogP contribution >= 0.6 is 0 Å². The van der Waals surface area contributed by atoms with Crippen molar-refractivity contribution in [2.45, 2.75) is 0 Å². The van der Waals surface area contributed by atoms with E-state index in [0.29, 0.717) is 23.3 Å². The number of fused-ring (bicyclic) bond motifs is 4. The molecule has 0 fully saturated rings. The normalized spacial score (nSPS) is 12.0. The number of ether oxygens (including phenoxy) is 1. The number of pyridine rings is 2. The minimum Gasteiger partial charge on any atom is -0.451 e. The molecule has 5 aromatic carbocycles. The number of hydrogen-bond donors (Lipinski definition) is 0. The van der Waals surface area contributed by atoms with E-state index in [9.17, 15) is 0 Å². The van der Waals surface area contributed by atoms with Crippen molar-refractivity contribution in [2.75, 3.05) is 4.90 Å². The van der Waals surface area contributed by atoms with Gasteiger partial charge in [0.15, 0.2) is 31.7 Å². The molecule has 1 aliphatic heterocycles. The molecule has 8 aromatic rings. The number of aromatic nitrogens is 3. The van der Waals surface area contributed by atoms with E-state index in [-0.39, 0.29) is 21.1 Å². The number of nitrogens with zero attached hydrogens (tertiary/aromatic N) is 4. The van der Waals surface area contributed by atoms with Crippen molar-refractivity contribution in [3.63, 3.8) is 0 Å². The van der Waals surface area contributed by atoms with Gasteiger partial charge in [-0.05, 0) is 41.6 Å². The first-order chi connectivity index (χ1) is 22.8. The molecule has 6 nitrogen and oxygen atoms in total. The van der Waals surface area contributed by atoms with Crippen LogP contribution in [-0.4, -0.2) is 23.7 Å². The van der Waals surface area contributed by atoms with E-state index in [4.69, 9.17) is 19.1 Å². The van der Waals surface area contributed by atoms with Gasteiger partial charge in [0.25, 0.3) is 0 Å². The second-order valence-corrected chi connectivity index (χ2v) is 13.5. The molecule has 227 valence electrons. The summed E-state index contributed by atoms with van der Waals surface area (Å²) in [5, 5.41) is 4.70. The van der Waals surface area contributed by atoms with Crippen LogP contribution in [0.4, 0.5) is 17.5 Å². The molecule has 3 aromatic heterocycles. The molecule has 0 saturated heterocycles. The van der Waals surface area contributed by atoms with Crippen LogP contribution in [0.15, 0.2) is 156 Å². The molecule has 0 unspecified atom stereocenters. The van der Waals surface area contributed by atoms with Gasteiger partial charge in [0.05, 0.1) is 16.9 Å². The zero-order valence-electron chi connectivity index (χ0n) is 24.9. The number of anilines is 3. The Bertz CT molecular complexity index is 2330. The van der Waals surface area contributed by atoms with E-state index in [1.54, 1.807) is 6.20 Å². The molecule has 0 N–H and O–H groups in total. The van der Waals surface area contributed by atoms with Crippen LogP contribution in [0, 0.1) is 0 Å². The molecule has 47 heavy (non-hydrogen) atoms. The predicted octanol–water partition coefficient (Wildman–Crippen LogP) is 7.53. The van der Waals surface area contributed by atoms with Crippen molar-refractivity contribution < 1.29 is 30.2 Å². The van der Waals surface area contributed by atoms with Crippen molar-refractivity contribution in [3.8, 4) is 22.8 Å². The maximum Gasteiger partial charge on any atom is 0.309 e. The summed E-state index contributed by atoms with van der Waals surface area (Å²) in [5.74, 6) is 1.95. The maximum absolute atomic E-state index is 6.63. The van der Waals surface area contributed by atoms with Crippen LogP contribution < -0.4 is 25.2 Å². The average molecular weight is 805 g/mol. The third-order valence-electron chi connectivity index (χ3n) is 8.26. The third kappa shape index (κ3) is 5.05. The van der Waals surface area contributed by atoms with Gasteiger partial charge >= 0.3 is 6.01 Å². The Balaban J connectivity index is 0.00000324. The molecular weight excluding hydrogens is 780 g/mol. The van der Waals surface area contributed by atoms with Gasteiger partial charge in [-0.25, -0.2) is 9.88 Å². The Morgan fingerprint density at radius 1 is 0.596 bits per heavy atom. The van der Waals surface area contributed by atoms with E-state index in [1.165, 1.54) is 15.6 Å². The summed E-state index contributed by atoms with van der Waals surface area (Å²) >= 11 is 0. The van der Waals surface area contributed by atoms with Gasteiger partial charge in [0.2, 0.25) is 0 Å². The summed E-state index contributed by atoms with van der Waals surface area (Å²) in [6.45, 7) is 0. The van der Waals surface area contributed by atoms with E-state index >= 15 is 0 Å².